The summed E-state index contributed by atoms with van der Waals surface area (Å²) in [5, 5.41) is 3.55. The van der Waals surface area contributed by atoms with Crippen LogP contribution in [0.1, 0.15) is 38.3 Å². The maximum Gasteiger partial charge on any atom is 0.0661 e. The molecule has 102 valence electrons. The summed E-state index contributed by atoms with van der Waals surface area (Å²) in [6.07, 6.45) is 4.32. The molecule has 0 aliphatic heterocycles. The van der Waals surface area contributed by atoms with Crippen molar-refractivity contribution in [3.63, 3.8) is 0 Å². The molecule has 0 radical (unpaired) electrons. The van der Waals surface area contributed by atoms with Crippen LogP contribution in [0.2, 0.25) is 0 Å². The molecular weight excluding hydrogens is 242 g/mol. The molecule has 1 atom stereocenters. The van der Waals surface area contributed by atoms with Crippen LogP contribution in [0.25, 0.3) is 0 Å². The fraction of sp³-hybridized carbons (Fsp3) is 0.600. The summed E-state index contributed by atoms with van der Waals surface area (Å²) in [5.74, 6) is 0. The van der Waals surface area contributed by atoms with Crippen LogP contribution >= 0.6 is 11.8 Å². The first kappa shape index (κ1) is 15.5. The van der Waals surface area contributed by atoms with Crippen LogP contribution in [-0.2, 0) is 4.74 Å². The van der Waals surface area contributed by atoms with Crippen molar-refractivity contribution in [1.29, 1.82) is 0 Å². The van der Waals surface area contributed by atoms with Crippen LogP contribution in [0.4, 0.5) is 0 Å². The van der Waals surface area contributed by atoms with Crippen LogP contribution < -0.4 is 5.32 Å². The molecule has 0 bridgehead atoms. The first-order chi connectivity index (χ1) is 8.81. The van der Waals surface area contributed by atoms with E-state index >= 15 is 0 Å². The summed E-state index contributed by atoms with van der Waals surface area (Å²) in [7, 11) is 0. The van der Waals surface area contributed by atoms with Crippen molar-refractivity contribution in [3.8, 4) is 0 Å². The van der Waals surface area contributed by atoms with E-state index in [9.17, 15) is 0 Å². The minimum atomic E-state index is 0.312. The van der Waals surface area contributed by atoms with Gasteiger partial charge in [-0.25, -0.2) is 0 Å². The normalized spacial score (nSPS) is 12.6. The van der Waals surface area contributed by atoms with E-state index < -0.39 is 0 Å². The maximum atomic E-state index is 5.69. The van der Waals surface area contributed by atoms with E-state index in [1.165, 1.54) is 10.5 Å². The lowest BCUT2D eigenvalue weighted by atomic mass is 10.1. The predicted molar refractivity (Wildman–Crippen MR) is 80.4 cm³/mol. The summed E-state index contributed by atoms with van der Waals surface area (Å²) >= 11 is 1.78. The Hall–Kier alpha value is -0.510. The zero-order valence-electron chi connectivity index (χ0n) is 11.7. The second-order valence-electron chi connectivity index (χ2n) is 4.35. The molecule has 0 fully saturated rings. The third-order valence-electron chi connectivity index (χ3n) is 2.79. The van der Waals surface area contributed by atoms with Crippen molar-refractivity contribution >= 4 is 11.8 Å². The Morgan fingerprint density at radius 3 is 2.44 bits per heavy atom. The average molecular weight is 267 g/mol. The Balaban J connectivity index is 2.60. The van der Waals surface area contributed by atoms with Crippen molar-refractivity contribution in [1.82, 2.24) is 5.32 Å². The molecule has 0 saturated carbocycles. The van der Waals surface area contributed by atoms with Gasteiger partial charge in [0.2, 0.25) is 0 Å². The van der Waals surface area contributed by atoms with E-state index in [0.717, 1.165) is 32.6 Å². The monoisotopic (exact) mass is 267 g/mol. The number of benzene rings is 1. The Kier molecular flexibility index (Phi) is 8.14. The molecule has 0 saturated heterocycles. The largest absolute Gasteiger partial charge is 0.379 e. The van der Waals surface area contributed by atoms with Crippen molar-refractivity contribution in [3.05, 3.63) is 29.8 Å². The number of thioether (sulfide) groups is 1. The number of ether oxygens (including phenoxy) is 1. The summed E-state index contributed by atoms with van der Waals surface area (Å²) in [5.41, 5.74) is 1.32. The molecular formula is C15H25NOS. The molecule has 0 aliphatic carbocycles. The van der Waals surface area contributed by atoms with Gasteiger partial charge in [-0.2, -0.15) is 0 Å². The highest BCUT2D eigenvalue weighted by molar-refractivity contribution is 7.98. The summed E-state index contributed by atoms with van der Waals surface area (Å²) < 4.78 is 5.69. The summed E-state index contributed by atoms with van der Waals surface area (Å²) in [6, 6.07) is 9.08. The van der Waals surface area contributed by atoms with Gasteiger partial charge in [-0.3, -0.25) is 0 Å². The zero-order chi connectivity index (χ0) is 13.2. The van der Waals surface area contributed by atoms with Crippen molar-refractivity contribution in [2.24, 2.45) is 0 Å². The van der Waals surface area contributed by atoms with Gasteiger partial charge in [0, 0.05) is 11.5 Å². The highest BCUT2D eigenvalue weighted by Crippen LogP contribution is 2.19. The first-order valence-corrected chi connectivity index (χ1v) is 7.99. The summed E-state index contributed by atoms with van der Waals surface area (Å²) in [4.78, 5) is 1.31. The second-order valence-corrected chi connectivity index (χ2v) is 5.23. The van der Waals surface area contributed by atoms with E-state index in [-0.39, 0.29) is 0 Å². The zero-order valence-corrected chi connectivity index (χ0v) is 12.6. The highest BCUT2D eigenvalue weighted by atomic mass is 32.2. The fourth-order valence-corrected chi connectivity index (χ4v) is 2.18. The molecule has 0 amide bonds. The molecule has 18 heavy (non-hydrogen) atoms. The van der Waals surface area contributed by atoms with Gasteiger partial charge < -0.3 is 10.1 Å². The van der Waals surface area contributed by atoms with Gasteiger partial charge in [-0.05, 0) is 43.3 Å². The first-order valence-electron chi connectivity index (χ1n) is 6.76. The van der Waals surface area contributed by atoms with Gasteiger partial charge in [0.05, 0.1) is 12.6 Å². The lowest BCUT2D eigenvalue weighted by Gasteiger charge is -2.19. The molecule has 0 aromatic heterocycles. The van der Waals surface area contributed by atoms with E-state index in [0.29, 0.717) is 6.04 Å². The van der Waals surface area contributed by atoms with Gasteiger partial charge >= 0.3 is 0 Å². The van der Waals surface area contributed by atoms with Gasteiger partial charge in [0.15, 0.2) is 0 Å². The Labute approximate surface area is 116 Å². The maximum absolute atomic E-state index is 5.69. The molecule has 0 spiro atoms. The molecule has 1 unspecified atom stereocenters. The van der Waals surface area contributed by atoms with E-state index in [4.69, 9.17) is 4.74 Å². The number of hydrogen-bond acceptors (Lipinski definition) is 3. The standard InChI is InChI=1S/C15H25NOS/c1-4-10-16-15(12-17-11-5-2)13-6-8-14(18-3)9-7-13/h6-9,15-16H,4-5,10-12H2,1-3H3. The highest BCUT2D eigenvalue weighted by Gasteiger charge is 2.10. The lowest BCUT2D eigenvalue weighted by molar-refractivity contribution is 0.112. The molecule has 1 N–H and O–H groups in total. The molecule has 1 aromatic carbocycles. The lowest BCUT2D eigenvalue weighted by Crippen LogP contribution is -2.26. The van der Waals surface area contributed by atoms with Crippen LogP contribution in [-0.4, -0.2) is 26.0 Å². The average Bonchev–Trinajstić information content (AvgIpc) is 2.43. The minimum absolute atomic E-state index is 0.312. The van der Waals surface area contributed by atoms with Crippen molar-refractivity contribution < 1.29 is 4.74 Å². The molecule has 1 rings (SSSR count). The fourth-order valence-electron chi connectivity index (χ4n) is 1.77. The topological polar surface area (TPSA) is 21.3 Å². The van der Waals surface area contributed by atoms with Gasteiger partial charge in [0.25, 0.3) is 0 Å². The number of hydrogen-bond donors (Lipinski definition) is 1. The third kappa shape index (κ3) is 5.42. The number of nitrogens with one attached hydrogen (secondary N) is 1. The van der Waals surface area contributed by atoms with E-state index in [2.05, 4.69) is 49.7 Å². The molecule has 0 aliphatic rings. The minimum Gasteiger partial charge on any atom is -0.379 e. The predicted octanol–water partition coefficient (Wildman–Crippen LogP) is 3.88. The molecule has 1 aromatic rings. The van der Waals surface area contributed by atoms with Crippen LogP contribution in [0.5, 0.6) is 0 Å². The Morgan fingerprint density at radius 2 is 1.89 bits per heavy atom. The third-order valence-corrected chi connectivity index (χ3v) is 3.54. The van der Waals surface area contributed by atoms with Crippen molar-refractivity contribution in [2.75, 3.05) is 26.0 Å². The van der Waals surface area contributed by atoms with Gasteiger partial charge in [-0.1, -0.05) is 26.0 Å². The van der Waals surface area contributed by atoms with E-state index in [1.807, 2.05) is 0 Å². The van der Waals surface area contributed by atoms with Crippen LogP contribution in [0.3, 0.4) is 0 Å². The SMILES string of the molecule is CCCNC(COCCC)c1ccc(SC)cc1. The summed E-state index contributed by atoms with van der Waals surface area (Å²) in [6.45, 7) is 6.96. The Bertz CT molecular complexity index is 313. The molecule has 0 heterocycles. The van der Waals surface area contributed by atoms with Crippen molar-refractivity contribution in [2.45, 2.75) is 37.6 Å². The molecule has 3 heteroatoms. The smallest absolute Gasteiger partial charge is 0.0661 e. The van der Waals surface area contributed by atoms with E-state index in [1.54, 1.807) is 11.8 Å². The molecule has 2 nitrogen and oxygen atoms in total. The van der Waals surface area contributed by atoms with Crippen LogP contribution in [0, 0.1) is 0 Å². The van der Waals surface area contributed by atoms with Gasteiger partial charge in [0.1, 0.15) is 0 Å². The second kappa shape index (κ2) is 9.42. The number of rotatable bonds is 9. The van der Waals surface area contributed by atoms with Gasteiger partial charge in [-0.15, -0.1) is 11.8 Å². The Morgan fingerprint density at radius 1 is 1.17 bits per heavy atom. The van der Waals surface area contributed by atoms with Crippen LogP contribution in [0.15, 0.2) is 29.2 Å². The quantitative estimate of drug-likeness (QED) is 0.542.